The van der Waals surface area contributed by atoms with E-state index < -0.39 is 0 Å². The molecule has 0 N–H and O–H groups in total. The molecule has 102 valence electrons. The van der Waals surface area contributed by atoms with E-state index in [9.17, 15) is 0 Å². The number of ether oxygens (including phenoxy) is 1. The fourth-order valence-electron chi connectivity index (χ4n) is 1.56. The SMILES string of the molecule is CC(C)(C)COCc1ccc(CC(C)(C)C)nn1. The second-order valence-corrected chi connectivity index (χ2v) is 7.31. The molecule has 0 amide bonds. The zero-order valence-corrected chi connectivity index (χ0v) is 12.6. The summed E-state index contributed by atoms with van der Waals surface area (Å²) >= 11 is 0. The van der Waals surface area contributed by atoms with Crippen LogP contribution in [0, 0.1) is 10.8 Å². The summed E-state index contributed by atoms with van der Waals surface area (Å²) in [5, 5.41) is 8.46. The number of rotatable bonds is 4. The van der Waals surface area contributed by atoms with Crippen molar-refractivity contribution in [3.8, 4) is 0 Å². The molecule has 1 heterocycles. The Bertz CT molecular complexity index is 358. The first-order chi connectivity index (χ1) is 8.16. The van der Waals surface area contributed by atoms with Gasteiger partial charge in [0.1, 0.15) is 0 Å². The molecule has 0 spiro atoms. The van der Waals surface area contributed by atoms with Crippen molar-refractivity contribution in [2.24, 2.45) is 10.8 Å². The van der Waals surface area contributed by atoms with Gasteiger partial charge in [-0.1, -0.05) is 41.5 Å². The van der Waals surface area contributed by atoms with Crippen molar-refractivity contribution in [3.63, 3.8) is 0 Å². The Hall–Kier alpha value is -0.960. The minimum Gasteiger partial charge on any atom is -0.375 e. The van der Waals surface area contributed by atoms with Gasteiger partial charge in [0, 0.05) is 0 Å². The van der Waals surface area contributed by atoms with E-state index in [1.807, 2.05) is 12.1 Å². The molecule has 3 heteroatoms. The van der Waals surface area contributed by atoms with Gasteiger partial charge in [0.05, 0.1) is 24.6 Å². The normalized spacial score (nSPS) is 12.8. The molecule has 0 bridgehead atoms. The molecule has 18 heavy (non-hydrogen) atoms. The quantitative estimate of drug-likeness (QED) is 0.818. The third-order valence-electron chi connectivity index (χ3n) is 2.27. The first kappa shape index (κ1) is 15.1. The number of nitrogens with zero attached hydrogens (tertiary/aromatic N) is 2. The Morgan fingerprint density at radius 1 is 0.889 bits per heavy atom. The van der Waals surface area contributed by atoms with Crippen molar-refractivity contribution in [3.05, 3.63) is 23.5 Å². The van der Waals surface area contributed by atoms with Crippen LogP contribution in [0.15, 0.2) is 12.1 Å². The van der Waals surface area contributed by atoms with Gasteiger partial charge in [0.15, 0.2) is 0 Å². The molecule has 0 fully saturated rings. The lowest BCUT2D eigenvalue weighted by Gasteiger charge is -2.18. The lowest BCUT2D eigenvalue weighted by atomic mass is 9.90. The summed E-state index contributed by atoms with van der Waals surface area (Å²) in [6.07, 6.45) is 0.948. The molecule has 0 radical (unpaired) electrons. The Morgan fingerprint density at radius 3 is 1.89 bits per heavy atom. The zero-order valence-electron chi connectivity index (χ0n) is 12.6. The maximum absolute atomic E-state index is 5.62. The van der Waals surface area contributed by atoms with Crippen molar-refractivity contribution >= 4 is 0 Å². The molecule has 0 aromatic carbocycles. The van der Waals surface area contributed by atoms with Gasteiger partial charge < -0.3 is 4.74 Å². The van der Waals surface area contributed by atoms with Crippen molar-refractivity contribution in [2.75, 3.05) is 6.61 Å². The highest BCUT2D eigenvalue weighted by Crippen LogP contribution is 2.19. The van der Waals surface area contributed by atoms with E-state index in [1.54, 1.807) is 0 Å². The van der Waals surface area contributed by atoms with Crippen molar-refractivity contribution in [1.82, 2.24) is 10.2 Å². The molecule has 0 unspecified atom stereocenters. The van der Waals surface area contributed by atoms with Gasteiger partial charge in [0.25, 0.3) is 0 Å². The first-order valence-electron chi connectivity index (χ1n) is 6.55. The summed E-state index contributed by atoms with van der Waals surface area (Å²) in [4.78, 5) is 0. The molecule has 3 nitrogen and oxygen atoms in total. The zero-order chi connectivity index (χ0) is 13.8. The predicted molar refractivity (Wildman–Crippen MR) is 74.3 cm³/mol. The van der Waals surface area contributed by atoms with Crippen LogP contribution in [0.3, 0.4) is 0 Å². The van der Waals surface area contributed by atoms with E-state index in [-0.39, 0.29) is 10.8 Å². The van der Waals surface area contributed by atoms with Crippen LogP contribution >= 0.6 is 0 Å². The summed E-state index contributed by atoms with van der Waals surface area (Å²) < 4.78 is 5.62. The third kappa shape index (κ3) is 6.70. The van der Waals surface area contributed by atoms with Gasteiger partial charge in [-0.15, -0.1) is 0 Å². The molecule has 0 atom stereocenters. The molecule has 1 aromatic rings. The summed E-state index contributed by atoms with van der Waals surface area (Å²) in [7, 11) is 0. The van der Waals surface area contributed by atoms with Crippen LogP contribution in [0.5, 0.6) is 0 Å². The highest BCUT2D eigenvalue weighted by atomic mass is 16.5. The molecule has 0 aliphatic heterocycles. The maximum atomic E-state index is 5.62. The van der Waals surface area contributed by atoms with Crippen LogP contribution in [-0.4, -0.2) is 16.8 Å². The maximum Gasteiger partial charge on any atom is 0.0906 e. The summed E-state index contributed by atoms with van der Waals surface area (Å²) in [5.74, 6) is 0. The van der Waals surface area contributed by atoms with Crippen LogP contribution in [0.25, 0.3) is 0 Å². The molecule has 0 saturated carbocycles. The smallest absolute Gasteiger partial charge is 0.0906 e. The number of aromatic nitrogens is 2. The molecular weight excluding hydrogens is 224 g/mol. The van der Waals surface area contributed by atoms with E-state index >= 15 is 0 Å². The molecule has 0 saturated heterocycles. The third-order valence-corrected chi connectivity index (χ3v) is 2.27. The number of hydrogen-bond donors (Lipinski definition) is 0. The van der Waals surface area contributed by atoms with Crippen LogP contribution in [-0.2, 0) is 17.8 Å². The highest BCUT2D eigenvalue weighted by molar-refractivity contribution is 5.07. The average Bonchev–Trinajstić information content (AvgIpc) is 2.16. The minimum atomic E-state index is 0.194. The van der Waals surface area contributed by atoms with Crippen LogP contribution in [0.2, 0.25) is 0 Å². The van der Waals surface area contributed by atoms with E-state index in [2.05, 4.69) is 51.7 Å². The Labute approximate surface area is 111 Å². The predicted octanol–water partition coefficient (Wildman–Crippen LogP) is 3.63. The highest BCUT2D eigenvalue weighted by Gasteiger charge is 2.13. The monoisotopic (exact) mass is 250 g/mol. The fraction of sp³-hybridized carbons (Fsp3) is 0.733. The van der Waals surface area contributed by atoms with E-state index in [0.29, 0.717) is 6.61 Å². The van der Waals surface area contributed by atoms with Gasteiger partial charge in [-0.2, -0.15) is 10.2 Å². The molecule has 0 aliphatic rings. The molecule has 0 aliphatic carbocycles. The molecule has 1 aromatic heterocycles. The second kappa shape index (κ2) is 5.79. The fourth-order valence-corrected chi connectivity index (χ4v) is 1.56. The van der Waals surface area contributed by atoms with Gasteiger partial charge in [-0.25, -0.2) is 0 Å². The largest absolute Gasteiger partial charge is 0.375 e. The van der Waals surface area contributed by atoms with Gasteiger partial charge >= 0.3 is 0 Å². The van der Waals surface area contributed by atoms with E-state index in [4.69, 9.17) is 4.74 Å². The number of hydrogen-bond acceptors (Lipinski definition) is 3. The lowest BCUT2D eigenvalue weighted by Crippen LogP contribution is -2.15. The summed E-state index contributed by atoms with van der Waals surface area (Å²) in [5.41, 5.74) is 2.39. The standard InChI is InChI=1S/C15H26N2O/c1-14(2,3)9-12-7-8-13(17-16-12)10-18-11-15(4,5)6/h7-8H,9-11H2,1-6H3. The molecule has 1 rings (SSSR count). The van der Waals surface area contributed by atoms with Crippen LogP contribution in [0.4, 0.5) is 0 Å². The second-order valence-electron chi connectivity index (χ2n) is 7.31. The lowest BCUT2D eigenvalue weighted by molar-refractivity contribution is 0.0577. The summed E-state index contributed by atoms with van der Waals surface area (Å²) in [6, 6.07) is 4.06. The average molecular weight is 250 g/mol. The van der Waals surface area contributed by atoms with E-state index in [1.165, 1.54) is 0 Å². The Morgan fingerprint density at radius 2 is 1.44 bits per heavy atom. The van der Waals surface area contributed by atoms with Crippen molar-refractivity contribution in [1.29, 1.82) is 0 Å². The first-order valence-corrected chi connectivity index (χ1v) is 6.55. The minimum absolute atomic E-state index is 0.194. The molecular formula is C15H26N2O. The Balaban J connectivity index is 2.46. The van der Waals surface area contributed by atoms with Crippen LogP contribution < -0.4 is 0 Å². The summed E-state index contributed by atoms with van der Waals surface area (Å²) in [6.45, 7) is 14.4. The van der Waals surface area contributed by atoms with Gasteiger partial charge in [-0.05, 0) is 29.4 Å². The van der Waals surface area contributed by atoms with Crippen molar-refractivity contribution < 1.29 is 4.74 Å². The van der Waals surface area contributed by atoms with E-state index in [0.717, 1.165) is 24.4 Å². The van der Waals surface area contributed by atoms with Crippen molar-refractivity contribution in [2.45, 2.75) is 54.6 Å². The Kier molecular flexibility index (Phi) is 4.85. The topological polar surface area (TPSA) is 35.0 Å². The van der Waals surface area contributed by atoms with Crippen LogP contribution in [0.1, 0.15) is 52.9 Å². The van der Waals surface area contributed by atoms with Gasteiger partial charge in [0.2, 0.25) is 0 Å². The van der Waals surface area contributed by atoms with Gasteiger partial charge in [-0.3, -0.25) is 0 Å².